The maximum atomic E-state index is 12.9. The molecule has 1 atom stereocenters. The average Bonchev–Trinajstić information content (AvgIpc) is 3.12. The van der Waals surface area contributed by atoms with Gasteiger partial charge >= 0.3 is 0 Å². The third kappa shape index (κ3) is 4.41. The molecule has 1 N–H and O–H groups in total. The number of ether oxygens (including phenoxy) is 3. The van der Waals surface area contributed by atoms with Crippen LogP contribution < -0.4 is 14.2 Å². The molecule has 10 heteroatoms. The number of methoxy groups -OCH3 is 2. The van der Waals surface area contributed by atoms with Crippen LogP contribution in [0.15, 0.2) is 30.6 Å². The molecule has 3 rings (SSSR count). The van der Waals surface area contributed by atoms with Gasteiger partial charge in [-0.3, -0.25) is 0 Å². The van der Waals surface area contributed by atoms with Gasteiger partial charge in [0.1, 0.15) is 23.4 Å². The minimum atomic E-state index is -3.74. The fraction of sp³-hybridized carbons (Fsp3) is 0.471. The highest BCUT2D eigenvalue weighted by atomic mass is 32.2. The molecule has 1 aromatic carbocycles. The van der Waals surface area contributed by atoms with Crippen molar-refractivity contribution in [3.8, 4) is 11.5 Å². The largest absolute Gasteiger partial charge is 0.497 e. The van der Waals surface area contributed by atoms with Crippen LogP contribution in [-0.4, -0.2) is 62.8 Å². The summed E-state index contributed by atoms with van der Waals surface area (Å²) in [7, 11) is 1.17. The number of imidazole rings is 1. The molecule has 0 unspecified atom stereocenters. The molecule has 0 amide bonds. The van der Waals surface area contributed by atoms with Crippen molar-refractivity contribution >= 4 is 10.2 Å². The fourth-order valence-electron chi connectivity index (χ4n) is 2.93. The Balaban J connectivity index is 2.01. The second kappa shape index (κ2) is 8.26. The van der Waals surface area contributed by atoms with Crippen LogP contribution >= 0.6 is 0 Å². The Kier molecular flexibility index (Phi) is 6.00. The van der Waals surface area contributed by atoms with Crippen molar-refractivity contribution in [2.24, 2.45) is 7.05 Å². The summed E-state index contributed by atoms with van der Waals surface area (Å²) in [6, 6.07) is 4.56. The highest BCUT2D eigenvalue weighted by molar-refractivity contribution is 7.87. The Morgan fingerprint density at radius 3 is 2.30 bits per heavy atom. The van der Waals surface area contributed by atoms with Crippen LogP contribution in [0.5, 0.6) is 11.5 Å². The number of morpholine rings is 1. The Labute approximate surface area is 159 Å². The molecule has 1 saturated heterocycles. The van der Waals surface area contributed by atoms with E-state index in [2.05, 4.69) is 9.71 Å². The fourth-order valence-corrected chi connectivity index (χ4v) is 4.25. The molecule has 0 aliphatic carbocycles. The SMILES string of the molecule is COc1cc(OC)cc([C@@H](NS(=O)(=O)N2CCOCC2)c2nccn2C)c1. The number of rotatable bonds is 7. The first-order chi connectivity index (χ1) is 12.9. The Bertz CT molecular complexity index is 855. The normalized spacial score (nSPS) is 16.9. The van der Waals surface area contributed by atoms with Crippen molar-refractivity contribution in [3.05, 3.63) is 42.0 Å². The topological polar surface area (TPSA) is 94.9 Å². The molecular weight excluding hydrogens is 372 g/mol. The summed E-state index contributed by atoms with van der Waals surface area (Å²) < 4.78 is 47.7. The van der Waals surface area contributed by atoms with Crippen molar-refractivity contribution in [2.45, 2.75) is 6.04 Å². The molecule has 1 aromatic heterocycles. The van der Waals surface area contributed by atoms with Gasteiger partial charge in [-0.15, -0.1) is 0 Å². The van der Waals surface area contributed by atoms with Crippen molar-refractivity contribution < 1.29 is 22.6 Å². The van der Waals surface area contributed by atoms with Crippen LogP contribution in [-0.2, 0) is 22.0 Å². The van der Waals surface area contributed by atoms with Crippen LogP contribution in [0.2, 0.25) is 0 Å². The molecule has 0 spiro atoms. The molecule has 148 valence electrons. The van der Waals surface area contributed by atoms with Crippen LogP contribution in [0.3, 0.4) is 0 Å². The molecule has 0 radical (unpaired) electrons. The summed E-state index contributed by atoms with van der Waals surface area (Å²) in [6.07, 6.45) is 3.39. The molecule has 2 aromatic rings. The number of aromatic nitrogens is 2. The molecule has 1 aliphatic heterocycles. The van der Waals surface area contributed by atoms with Crippen molar-refractivity contribution in [1.82, 2.24) is 18.6 Å². The van der Waals surface area contributed by atoms with E-state index in [4.69, 9.17) is 14.2 Å². The van der Waals surface area contributed by atoms with Crippen LogP contribution in [0, 0.1) is 0 Å². The zero-order valence-electron chi connectivity index (χ0n) is 15.6. The highest BCUT2D eigenvalue weighted by Crippen LogP contribution is 2.30. The summed E-state index contributed by atoms with van der Waals surface area (Å²) in [5, 5.41) is 0. The highest BCUT2D eigenvalue weighted by Gasteiger charge is 2.30. The molecule has 27 heavy (non-hydrogen) atoms. The number of benzene rings is 1. The Morgan fingerprint density at radius 1 is 1.15 bits per heavy atom. The van der Waals surface area contributed by atoms with Gasteiger partial charge in [-0.1, -0.05) is 0 Å². The lowest BCUT2D eigenvalue weighted by Gasteiger charge is -2.29. The number of nitrogens with zero attached hydrogens (tertiary/aromatic N) is 3. The predicted octanol–water partition coefficient (Wildman–Crippen LogP) is 0.693. The van der Waals surface area contributed by atoms with Gasteiger partial charge < -0.3 is 18.8 Å². The van der Waals surface area contributed by atoms with Gasteiger partial charge in [-0.25, -0.2) is 4.98 Å². The van der Waals surface area contributed by atoms with Crippen molar-refractivity contribution in [1.29, 1.82) is 0 Å². The van der Waals surface area contributed by atoms with E-state index in [-0.39, 0.29) is 0 Å². The lowest BCUT2D eigenvalue weighted by atomic mass is 10.1. The van der Waals surface area contributed by atoms with E-state index in [9.17, 15) is 8.42 Å². The third-order valence-electron chi connectivity index (χ3n) is 4.40. The molecule has 9 nitrogen and oxygen atoms in total. The van der Waals surface area contributed by atoms with Crippen LogP contribution in [0.4, 0.5) is 0 Å². The molecule has 0 saturated carbocycles. The number of nitrogens with one attached hydrogen (secondary N) is 1. The second-order valence-corrected chi connectivity index (χ2v) is 7.81. The molecule has 1 aliphatic rings. The van der Waals surface area contributed by atoms with Gasteiger partial charge in [0.15, 0.2) is 0 Å². The minimum absolute atomic E-state index is 0.310. The quantitative estimate of drug-likeness (QED) is 0.740. The summed E-state index contributed by atoms with van der Waals surface area (Å²) >= 11 is 0. The lowest BCUT2D eigenvalue weighted by molar-refractivity contribution is 0.0723. The summed E-state index contributed by atoms with van der Waals surface area (Å²) in [6.45, 7) is 1.37. The molecule has 2 heterocycles. The average molecular weight is 396 g/mol. The smallest absolute Gasteiger partial charge is 0.280 e. The first-order valence-corrected chi connectivity index (χ1v) is 9.94. The van der Waals surface area contributed by atoms with E-state index in [1.165, 1.54) is 4.31 Å². The Morgan fingerprint density at radius 2 is 1.78 bits per heavy atom. The molecule has 0 bridgehead atoms. The van der Waals surface area contributed by atoms with Gasteiger partial charge in [-0.2, -0.15) is 17.4 Å². The van der Waals surface area contributed by atoms with Gasteiger partial charge in [0, 0.05) is 38.6 Å². The van der Waals surface area contributed by atoms with Crippen LogP contribution in [0.1, 0.15) is 17.4 Å². The maximum absolute atomic E-state index is 12.9. The first-order valence-electron chi connectivity index (χ1n) is 8.50. The zero-order valence-corrected chi connectivity index (χ0v) is 16.4. The van der Waals surface area contributed by atoms with Crippen molar-refractivity contribution in [3.63, 3.8) is 0 Å². The van der Waals surface area contributed by atoms with E-state index in [1.807, 2.05) is 7.05 Å². The van der Waals surface area contributed by atoms with Gasteiger partial charge in [-0.05, 0) is 17.7 Å². The van der Waals surface area contributed by atoms with Crippen LogP contribution in [0.25, 0.3) is 0 Å². The standard InChI is InChI=1S/C17H24N4O5S/c1-20-5-4-18-17(20)16(13-10-14(24-2)12-15(11-13)25-3)19-27(22,23)21-6-8-26-9-7-21/h4-5,10-12,16,19H,6-9H2,1-3H3/t16-/m1/s1. The van der Waals surface area contributed by atoms with E-state index < -0.39 is 16.3 Å². The Hall–Kier alpha value is -2.14. The predicted molar refractivity (Wildman–Crippen MR) is 99.0 cm³/mol. The van der Waals surface area contributed by atoms with Gasteiger partial charge in [0.25, 0.3) is 10.2 Å². The second-order valence-electron chi connectivity index (χ2n) is 6.11. The van der Waals surface area contributed by atoms with E-state index in [0.717, 1.165) is 0 Å². The summed E-state index contributed by atoms with van der Waals surface area (Å²) in [5.74, 6) is 1.69. The van der Waals surface area contributed by atoms with Crippen molar-refractivity contribution in [2.75, 3.05) is 40.5 Å². The van der Waals surface area contributed by atoms with Gasteiger partial charge in [0.05, 0.1) is 27.4 Å². The molecular formula is C17H24N4O5S. The number of hydrogen-bond donors (Lipinski definition) is 1. The molecule has 1 fully saturated rings. The van der Waals surface area contributed by atoms with E-state index in [1.54, 1.807) is 49.4 Å². The van der Waals surface area contributed by atoms with E-state index in [0.29, 0.717) is 49.2 Å². The maximum Gasteiger partial charge on any atom is 0.280 e. The lowest BCUT2D eigenvalue weighted by Crippen LogP contribution is -2.48. The minimum Gasteiger partial charge on any atom is -0.497 e. The van der Waals surface area contributed by atoms with Gasteiger partial charge in [0.2, 0.25) is 0 Å². The summed E-state index contributed by atoms with van der Waals surface area (Å²) in [5.41, 5.74) is 0.664. The third-order valence-corrected chi connectivity index (χ3v) is 5.98. The zero-order chi connectivity index (χ0) is 19.4. The number of hydrogen-bond acceptors (Lipinski definition) is 6. The monoisotopic (exact) mass is 396 g/mol. The first kappa shape index (κ1) is 19.6. The number of aryl methyl sites for hydroxylation is 1. The summed E-state index contributed by atoms with van der Waals surface area (Å²) in [4.78, 5) is 4.34. The van der Waals surface area contributed by atoms with E-state index >= 15 is 0 Å².